The molecule has 4 aromatic rings. The zero-order valence-corrected chi connectivity index (χ0v) is 14.5. The van der Waals surface area contributed by atoms with E-state index in [9.17, 15) is 4.79 Å². The van der Waals surface area contributed by atoms with Gasteiger partial charge in [0.2, 0.25) is 0 Å². The molecular formula is C20H17N5O. The van der Waals surface area contributed by atoms with E-state index < -0.39 is 0 Å². The van der Waals surface area contributed by atoms with Crippen LogP contribution in [0, 0.1) is 13.8 Å². The zero-order chi connectivity index (χ0) is 18.1. The van der Waals surface area contributed by atoms with Gasteiger partial charge in [0.25, 0.3) is 5.91 Å². The third-order valence-corrected chi connectivity index (χ3v) is 4.20. The first-order valence-electron chi connectivity index (χ1n) is 8.28. The Hall–Kier alpha value is -3.54. The molecule has 1 N–H and O–H groups in total. The van der Waals surface area contributed by atoms with Gasteiger partial charge in [-0.15, -0.1) is 5.10 Å². The number of benzene rings is 2. The number of carbonyl (C=O) groups excluding carboxylic acids is 1. The zero-order valence-electron chi connectivity index (χ0n) is 14.5. The quantitative estimate of drug-likeness (QED) is 0.616. The minimum absolute atomic E-state index is 0.279. The largest absolute Gasteiger partial charge is 0.305 e. The fourth-order valence-corrected chi connectivity index (χ4v) is 2.86. The van der Waals surface area contributed by atoms with Crippen molar-refractivity contribution in [1.29, 1.82) is 0 Å². The van der Waals surface area contributed by atoms with E-state index >= 15 is 0 Å². The van der Waals surface area contributed by atoms with Crippen LogP contribution in [0.1, 0.15) is 21.7 Å². The highest BCUT2D eigenvalue weighted by atomic mass is 16.2. The van der Waals surface area contributed by atoms with Gasteiger partial charge >= 0.3 is 0 Å². The van der Waals surface area contributed by atoms with Crippen LogP contribution < -0.4 is 5.32 Å². The van der Waals surface area contributed by atoms with Gasteiger partial charge in [-0.05, 0) is 49.7 Å². The van der Waals surface area contributed by atoms with Crippen LogP contribution in [0.15, 0.2) is 60.7 Å². The lowest BCUT2D eigenvalue weighted by Crippen LogP contribution is -2.15. The Morgan fingerprint density at radius 3 is 2.69 bits per heavy atom. The maximum absolute atomic E-state index is 12.6. The number of nitrogens with one attached hydrogen (secondary N) is 1. The number of pyridine rings is 1. The molecule has 6 nitrogen and oxygen atoms in total. The van der Waals surface area contributed by atoms with Gasteiger partial charge in [0, 0.05) is 5.39 Å². The number of carbonyl (C=O) groups is 1. The van der Waals surface area contributed by atoms with Crippen molar-refractivity contribution in [2.24, 2.45) is 0 Å². The summed E-state index contributed by atoms with van der Waals surface area (Å²) in [5.74, 6) is 0.155. The standard InChI is InChI=1S/C20H17N5O/c1-13-6-5-8-16(12-13)25-14(2)19(23-24-25)20(26)22-18-11-10-15-7-3-4-9-17(15)21-18/h3-12H,1-2H3,(H,21,22,26). The first-order valence-corrected chi connectivity index (χ1v) is 8.28. The van der Waals surface area contributed by atoms with E-state index in [1.54, 1.807) is 10.7 Å². The van der Waals surface area contributed by atoms with E-state index in [0.29, 0.717) is 11.5 Å². The van der Waals surface area contributed by atoms with Crippen molar-refractivity contribution in [1.82, 2.24) is 20.0 Å². The molecule has 0 aliphatic heterocycles. The molecule has 0 saturated carbocycles. The molecule has 0 radical (unpaired) electrons. The van der Waals surface area contributed by atoms with Crippen molar-refractivity contribution in [3.05, 3.63) is 77.6 Å². The summed E-state index contributed by atoms with van der Waals surface area (Å²) in [6.07, 6.45) is 0. The summed E-state index contributed by atoms with van der Waals surface area (Å²) in [5.41, 5.74) is 3.77. The number of aromatic nitrogens is 4. The number of amides is 1. The van der Waals surface area contributed by atoms with Crippen LogP contribution >= 0.6 is 0 Å². The van der Waals surface area contributed by atoms with E-state index in [-0.39, 0.29) is 11.6 Å². The number of hydrogen-bond acceptors (Lipinski definition) is 4. The molecule has 0 bridgehead atoms. The number of rotatable bonds is 3. The van der Waals surface area contributed by atoms with Crippen LogP contribution in [0.3, 0.4) is 0 Å². The fourth-order valence-electron chi connectivity index (χ4n) is 2.86. The van der Waals surface area contributed by atoms with Crippen LogP contribution in [0.5, 0.6) is 0 Å². The molecule has 2 heterocycles. The molecule has 128 valence electrons. The van der Waals surface area contributed by atoms with Gasteiger partial charge in [-0.3, -0.25) is 4.79 Å². The summed E-state index contributed by atoms with van der Waals surface area (Å²) in [6, 6.07) is 19.3. The maximum atomic E-state index is 12.6. The molecule has 1 amide bonds. The summed E-state index contributed by atoms with van der Waals surface area (Å²) in [6.45, 7) is 3.83. The fraction of sp³-hybridized carbons (Fsp3) is 0.100. The SMILES string of the molecule is Cc1cccc(-n2nnc(C(=O)Nc3ccc4ccccc4n3)c2C)c1. The molecule has 0 spiro atoms. The summed E-state index contributed by atoms with van der Waals surface area (Å²) in [5, 5.41) is 12.0. The van der Waals surface area contributed by atoms with Gasteiger partial charge in [0.05, 0.1) is 16.9 Å². The second-order valence-electron chi connectivity index (χ2n) is 6.12. The molecule has 0 aliphatic carbocycles. The highest BCUT2D eigenvalue weighted by molar-refractivity contribution is 6.03. The van der Waals surface area contributed by atoms with Crippen LogP contribution in [-0.2, 0) is 0 Å². The lowest BCUT2D eigenvalue weighted by molar-refractivity contribution is 0.102. The second kappa shape index (κ2) is 6.40. The van der Waals surface area contributed by atoms with Crippen LogP contribution in [0.4, 0.5) is 5.82 Å². The van der Waals surface area contributed by atoms with E-state index in [0.717, 1.165) is 22.2 Å². The van der Waals surface area contributed by atoms with Gasteiger partial charge in [-0.1, -0.05) is 35.5 Å². The van der Waals surface area contributed by atoms with Crippen LogP contribution in [-0.4, -0.2) is 25.9 Å². The normalized spacial score (nSPS) is 10.8. The summed E-state index contributed by atoms with van der Waals surface area (Å²) in [7, 11) is 0. The Bertz CT molecular complexity index is 1120. The molecule has 2 aromatic heterocycles. The first-order chi connectivity index (χ1) is 12.6. The topological polar surface area (TPSA) is 72.7 Å². The lowest BCUT2D eigenvalue weighted by atomic mass is 10.2. The minimum Gasteiger partial charge on any atom is -0.305 e. The van der Waals surface area contributed by atoms with Crippen molar-refractivity contribution < 1.29 is 4.79 Å². The first kappa shape index (κ1) is 16.0. The van der Waals surface area contributed by atoms with Gasteiger partial charge in [0.15, 0.2) is 5.69 Å². The molecule has 4 rings (SSSR count). The van der Waals surface area contributed by atoms with Crippen molar-refractivity contribution in [3.63, 3.8) is 0 Å². The highest BCUT2D eigenvalue weighted by Crippen LogP contribution is 2.17. The van der Waals surface area contributed by atoms with Crippen molar-refractivity contribution in [3.8, 4) is 5.69 Å². The number of anilines is 1. The Labute approximate surface area is 150 Å². The Morgan fingerprint density at radius 2 is 1.85 bits per heavy atom. The Kier molecular flexibility index (Phi) is 3.93. The van der Waals surface area contributed by atoms with Crippen LogP contribution in [0.2, 0.25) is 0 Å². The smallest absolute Gasteiger partial charge is 0.279 e. The molecule has 0 unspecified atom stereocenters. The van der Waals surface area contributed by atoms with E-state index in [1.165, 1.54) is 0 Å². The molecule has 26 heavy (non-hydrogen) atoms. The van der Waals surface area contributed by atoms with Crippen molar-refractivity contribution in [2.45, 2.75) is 13.8 Å². The van der Waals surface area contributed by atoms with Crippen LogP contribution in [0.25, 0.3) is 16.6 Å². The minimum atomic E-state index is -0.329. The van der Waals surface area contributed by atoms with E-state index in [4.69, 9.17) is 0 Å². The second-order valence-corrected chi connectivity index (χ2v) is 6.12. The number of para-hydroxylation sites is 1. The van der Waals surface area contributed by atoms with Gasteiger partial charge in [-0.2, -0.15) is 0 Å². The molecule has 2 aromatic carbocycles. The van der Waals surface area contributed by atoms with E-state index in [2.05, 4.69) is 20.6 Å². The lowest BCUT2D eigenvalue weighted by Gasteiger charge is -2.06. The number of fused-ring (bicyclic) bond motifs is 1. The monoisotopic (exact) mass is 343 g/mol. The third kappa shape index (κ3) is 2.93. The van der Waals surface area contributed by atoms with E-state index in [1.807, 2.05) is 68.4 Å². The average molecular weight is 343 g/mol. The predicted molar refractivity (Wildman–Crippen MR) is 101 cm³/mol. The Morgan fingerprint density at radius 1 is 1.00 bits per heavy atom. The highest BCUT2D eigenvalue weighted by Gasteiger charge is 2.18. The molecule has 0 saturated heterocycles. The summed E-state index contributed by atoms with van der Waals surface area (Å²) >= 11 is 0. The number of aryl methyl sites for hydroxylation is 1. The number of hydrogen-bond donors (Lipinski definition) is 1. The molecule has 0 atom stereocenters. The average Bonchev–Trinajstić information content (AvgIpc) is 3.03. The summed E-state index contributed by atoms with van der Waals surface area (Å²) < 4.78 is 1.66. The predicted octanol–water partition coefficient (Wildman–Crippen LogP) is 3.68. The molecular weight excluding hydrogens is 326 g/mol. The van der Waals surface area contributed by atoms with Gasteiger partial charge in [-0.25, -0.2) is 9.67 Å². The van der Waals surface area contributed by atoms with Crippen molar-refractivity contribution >= 4 is 22.6 Å². The van der Waals surface area contributed by atoms with Crippen molar-refractivity contribution in [2.75, 3.05) is 5.32 Å². The molecule has 0 aliphatic rings. The molecule has 6 heteroatoms. The number of nitrogens with zero attached hydrogens (tertiary/aromatic N) is 4. The van der Waals surface area contributed by atoms with Gasteiger partial charge in [0.1, 0.15) is 5.82 Å². The maximum Gasteiger partial charge on any atom is 0.279 e. The summed E-state index contributed by atoms with van der Waals surface area (Å²) in [4.78, 5) is 17.1. The molecule has 0 fully saturated rings. The third-order valence-electron chi connectivity index (χ3n) is 4.20. The van der Waals surface area contributed by atoms with Gasteiger partial charge < -0.3 is 5.32 Å². The Balaban J connectivity index is 1.62.